The third-order valence-electron chi connectivity index (χ3n) is 4.27. The van der Waals surface area contributed by atoms with Gasteiger partial charge in [-0.15, -0.1) is 24.0 Å². The van der Waals surface area contributed by atoms with Crippen molar-refractivity contribution < 1.29 is 0 Å². The van der Waals surface area contributed by atoms with Crippen LogP contribution in [0.15, 0.2) is 41.4 Å². The molecule has 0 unspecified atom stereocenters. The van der Waals surface area contributed by atoms with Gasteiger partial charge in [-0.05, 0) is 38.3 Å². The number of guanidine groups is 1. The van der Waals surface area contributed by atoms with Gasteiger partial charge in [0.15, 0.2) is 5.96 Å². The highest BCUT2D eigenvalue weighted by molar-refractivity contribution is 14.0. The molecule has 0 fully saturated rings. The molecule has 6 heteroatoms. The highest BCUT2D eigenvalue weighted by atomic mass is 127. The van der Waals surface area contributed by atoms with Crippen molar-refractivity contribution in [1.29, 1.82) is 0 Å². The minimum atomic E-state index is 0. The van der Waals surface area contributed by atoms with Gasteiger partial charge in [0.05, 0.1) is 11.0 Å². The summed E-state index contributed by atoms with van der Waals surface area (Å²) in [6, 6.07) is 8.80. The lowest BCUT2D eigenvalue weighted by molar-refractivity contribution is 0.603. The highest BCUT2D eigenvalue weighted by Gasteiger charge is 2.11. The van der Waals surface area contributed by atoms with Crippen molar-refractivity contribution in [2.75, 3.05) is 13.6 Å². The number of imidazole rings is 1. The van der Waals surface area contributed by atoms with Crippen LogP contribution in [0.3, 0.4) is 0 Å². The van der Waals surface area contributed by atoms with Crippen molar-refractivity contribution in [2.24, 2.45) is 4.99 Å². The zero-order valence-corrected chi connectivity index (χ0v) is 16.7. The van der Waals surface area contributed by atoms with E-state index < -0.39 is 0 Å². The van der Waals surface area contributed by atoms with Crippen LogP contribution >= 0.6 is 24.0 Å². The number of rotatable bonds is 5. The fraction of sp³-hybridized carbons (Fsp3) is 0.444. The second kappa shape index (κ2) is 9.05. The molecule has 130 valence electrons. The van der Waals surface area contributed by atoms with Gasteiger partial charge >= 0.3 is 0 Å². The number of hydrogen-bond acceptors (Lipinski definition) is 2. The molecule has 0 amide bonds. The fourth-order valence-corrected chi connectivity index (χ4v) is 3.05. The summed E-state index contributed by atoms with van der Waals surface area (Å²) in [7, 11) is 1.82. The highest BCUT2D eigenvalue weighted by Crippen LogP contribution is 2.15. The van der Waals surface area contributed by atoms with Gasteiger partial charge in [-0.2, -0.15) is 0 Å². The number of aromatic nitrogens is 2. The largest absolute Gasteiger partial charge is 0.356 e. The molecule has 0 saturated heterocycles. The van der Waals surface area contributed by atoms with Crippen LogP contribution in [0.2, 0.25) is 0 Å². The Bertz CT molecular complexity index is 711. The number of benzene rings is 1. The zero-order chi connectivity index (χ0) is 16.1. The van der Waals surface area contributed by atoms with Gasteiger partial charge in [-0.1, -0.05) is 24.3 Å². The molecule has 1 aliphatic rings. The van der Waals surface area contributed by atoms with E-state index in [0.717, 1.165) is 49.7 Å². The van der Waals surface area contributed by atoms with Crippen LogP contribution in [0.4, 0.5) is 0 Å². The normalized spacial score (nSPS) is 14.8. The lowest BCUT2D eigenvalue weighted by Crippen LogP contribution is -2.42. The van der Waals surface area contributed by atoms with E-state index in [0.29, 0.717) is 6.04 Å². The lowest BCUT2D eigenvalue weighted by Gasteiger charge is -2.17. The maximum Gasteiger partial charge on any atom is 0.191 e. The average molecular weight is 439 g/mol. The SMILES string of the molecule is CN=C(NCCCn1c(C)nc2ccccc21)NC1CC=CC1.I. The van der Waals surface area contributed by atoms with E-state index in [-0.39, 0.29) is 24.0 Å². The average Bonchev–Trinajstić information content (AvgIpc) is 3.18. The molecule has 24 heavy (non-hydrogen) atoms. The molecule has 0 aliphatic heterocycles. The molecule has 0 saturated carbocycles. The van der Waals surface area contributed by atoms with Crippen molar-refractivity contribution in [1.82, 2.24) is 20.2 Å². The Balaban J connectivity index is 0.00000208. The zero-order valence-electron chi connectivity index (χ0n) is 14.3. The van der Waals surface area contributed by atoms with Crippen LogP contribution in [0.5, 0.6) is 0 Å². The first-order valence-corrected chi connectivity index (χ1v) is 8.32. The molecule has 0 radical (unpaired) electrons. The summed E-state index contributed by atoms with van der Waals surface area (Å²) in [6.07, 6.45) is 7.64. The Hall–Kier alpha value is -1.57. The molecule has 0 bridgehead atoms. The number of aryl methyl sites for hydroxylation is 2. The number of nitrogens with one attached hydrogen (secondary N) is 2. The molecule has 5 nitrogen and oxygen atoms in total. The molecule has 3 rings (SSSR count). The number of fused-ring (bicyclic) bond motifs is 1. The van der Waals surface area contributed by atoms with E-state index in [1.54, 1.807) is 0 Å². The number of nitrogens with zero attached hydrogens (tertiary/aromatic N) is 3. The predicted octanol–water partition coefficient (Wildman–Crippen LogP) is 3.24. The standard InChI is InChI=1S/C18H25N5.HI/c1-14-21-16-10-5-6-11-17(16)23(14)13-7-12-20-18(19-2)22-15-8-3-4-9-15;/h3-6,10-11,15H,7-9,12-13H2,1-2H3,(H2,19,20,22);1H. The first kappa shape index (κ1) is 18.8. The maximum atomic E-state index is 4.61. The fourth-order valence-electron chi connectivity index (χ4n) is 3.05. The van der Waals surface area contributed by atoms with Gasteiger partial charge in [0, 0.05) is 26.2 Å². The molecule has 2 N–H and O–H groups in total. The van der Waals surface area contributed by atoms with Crippen molar-refractivity contribution in [3.8, 4) is 0 Å². The first-order valence-electron chi connectivity index (χ1n) is 8.32. The summed E-state index contributed by atoms with van der Waals surface area (Å²) in [4.78, 5) is 8.91. The predicted molar refractivity (Wildman–Crippen MR) is 111 cm³/mol. The third-order valence-corrected chi connectivity index (χ3v) is 4.27. The molecule has 0 spiro atoms. The quantitative estimate of drug-likeness (QED) is 0.247. The minimum absolute atomic E-state index is 0. The van der Waals surface area contributed by atoms with E-state index in [1.807, 2.05) is 13.1 Å². The monoisotopic (exact) mass is 439 g/mol. The second-order valence-corrected chi connectivity index (χ2v) is 5.94. The number of aliphatic imine (C=N–C) groups is 1. The Kier molecular flexibility index (Phi) is 7.08. The molecule has 2 aromatic rings. The van der Waals surface area contributed by atoms with Gasteiger partial charge < -0.3 is 15.2 Å². The maximum absolute atomic E-state index is 4.61. The molecular formula is C18H26IN5. The van der Waals surface area contributed by atoms with E-state index in [4.69, 9.17) is 0 Å². The van der Waals surface area contributed by atoms with Crippen LogP contribution < -0.4 is 10.6 Å². The molecule has 1 aromatic heterocycles. The Labute approximate surface area is 160 Å². The van der Waals surface area contributed by atoms with E-state index >= 15 is 0 Å². The third kappa shape index (κ3) is 4.49. The molecule has 1 heterocycles. The Morgan fingerprint density at radius 1 is 1.29 bits per heavy atom. The van der Waals surface area contributed by atoms with E-state index in [2.05, 4.69) is 62.5 Å². The molecular weight excluding hydrogens is 413 g/mol. The van der Waals surface area contributed by atoms with Crippen molar-refractivity contribution in [2.45, 2.75) is 38.8 Å². The van der Waals surface area contributed by atoms with Crippen molar-refractivity contribution in [3.63, 3.8) is 0 Å². The molecule has 1 aliphatic carbocycles. The van der Waals surface area contributed by atoms with E-state index in [9.17, 15) is 0 Å². The van der Waals surface area contributed by atoms with Crippen LogP contribution in [0, 0.1) is 6.92 Å². The number of halogens is 1. The van der Waals surface area contributed by atoms with Gasteiger partial charge in [0.25, 0.3) is 0 Å². The first-order chi connectivity index (χ1) is 11.3. The summed E-state index contributed by atoms with van der Waals surface area (Å²) in [5, 5.41) is 6.86. The van der Waals surface area contributed by atoms with Crippen LogP contribution in [-0.4, -0.2) is 35.1 Å². The van der Waals surface area contributed by atoms with Gasteiger partial charge in [-0.3, -0.25) is 4.99 Å². The molecule has 0 atom stereocenters. The Morgan fingerprint density at radius 2 is 2.04 bits per heavy atom. The van der Waals surface area contributed by atoms with E-state index in [1.165, 1.54) is 5.52 Å². The smallest absolute Gasteiger partial charge is 0.191 e. The van der Waals surface area contributed by atoms with Gasteiger partial charge in [0.1, 0.15) is 5.82 Å². The number of para-hydroxylation sites is 2. The van der Waals surface area contributed by atoms with Gasteiger partial charge in [0.2, 0.25) is 0 Å². The summed E-state index contributed by atoms with van der Waals surface area (Å²) >= 11 is 0. The van der Waals surface area contributed by atoms with Crippen molar-refractivity contribution >= 4 is 41.0 Å². The summed E-state index contributed by atoms with van der Waals surface area (Å²) < 4.78 is 2.29. The second-order valence-electron chi connectivity index (χ2n) is 5.94. The molecule has 1 aromatic carbocycles. The topological polar surface area (TPSA) is 54.2 Å². The summed E-state index contributed by atoms with van der Waals surface area (Å²) in [6.45, 7) is 3.92. The number of hydrogen-bond donors (Lipinski definition) is 2. The Morgan fingerprint density at radius 3 is 2.79 bits per heavy atom. The summed E-state index contributed by atoms with van der Waals surface area (Å²) in [5.41, 5.74) is 2.29. The lowest BCUT2D eigenvalue weighted by atomic mass is 10.2. The van der Waals surface area contributed by atoms with Crippen LogP contribution in [-0.2, 0) is 6.54 Å². The summed E-state index contributed by atoms with van der Waals surface area (Å²) in [5.74, 6) is 1.97. The van der Waals surface area contributed by atoms with Crippen molar-refractivity contribution in [3.05, 3.63) is 42.2 Å². The van der Waals surface area contributed by atoms with Crippen LogP contribution in [0.25, 0.3) is 11.0 Å². The van der Waals surface area contributed by atoms with Crippen LogP contribution in [0.1, 0.15) is 25.1 Å². The minimum Gasteiger partial charge on any atom is -0.356 e. The van der Waals surface area contributed by atoms with Gasteiger partial charge in [-0.25, -0.2) is 4.98 Å².